The number of hydrogen-bond acceptors (Lipinski definition) is 2. The molecule has 0 N–H and O–H groups in total. The van der Waals surface area contributed by atoms with Crippen molar-refractivity contribution in [1.82, 2.24) is 9.78 Å². The molecule has 3 nitrogen and oxygen atoms in total. The summed E-state index contributed by atoms with van der Waals surface area (Å²) in [6, 6.07) is 6.11. The van der Waals surface area contributed by atoms with Crippen LogP contribution in [0.4, 0.5) is 0 Å². The highest BCUT2D eigenvalue weighted by atomic mass is 35.5. The normalized spacial score (nSPS) is 10.9. The lowest BCUT2D eigenvalue weighted by atomic mass is 10.1. The second-order valence-corrected chi connectivity index (χ2v) is 4.94. The van der Waals surface area contributed by atoms with E-state index in [9.17, 15) is 0 Å². The Hall–Kier alpha value is -1.32. The maximum atomic E-state index is 6.24. The third-order valence-corrected chi connectivity index (χ3v) is 3.13. The highest BCUT2D eigenvalue weighted by Gasteiger charge is 2.12. The third-order valence-electron chi connectivity index (χ3n) is 2.86. The fourth-order valence-electron chi connectivity index (χ4n) is 2.29. The van der Waals surface area contributed by atoms with Crippen molar-refractivity contribution in [2.45, 2.75) is 27.4 Å². The van der Waals surface area contributed by atoms with Gasteiger partial charge >= 0.3 is 0 Å². The summed E-state index contributed by atoms with van der Waals surface area (Å²) >= 11 is 6.24. The van der Waals surface area contributed by atoms with Gasteiger partial charge in [0.15, 0.2) is 0 Å². The summed E-state index contributed by atoms with van der Waals surface area (Å²) in [4.78, 5) is 0. The van der Waals surface area contributed by atoms with Gasteiger partial charge < -0.3 is 4.74 Å². The van der Waals surface area contributed by atoms with Gasteiger partial charge in [-0.15, -0.1) is 0 Å². The molecule has 96 valence electrons. The molecule has 0 amide bonds. The summed E-state index contributed by atoms with van der Waals surface area (Å²) in [5.74, 6) is 0. The predicted octanol–water partition coefficient (Wildman–Crippen LogP) is 3.60. The number of ether oxygens (including phenoxy) is 1. The monoisotopic (exact) mass is 264 g/mol. The van der Waals surface area contributed by atoms with Gasteiger partial charge in [-0.3, -0.25) is 0 Å². The Morgan fingerprint density at radius 1 is 1.17 bits per heavy atom. The Labute approximate surface area is 112 Å². The average molecular weight is 265 g/mol. The van der Waals surface area contributed by atoms with E-state index in [4.69, 9.17) is 16.3 Å². The first kappa shape index (κ1) is 13.1. The van der Waals surface area contributed by atoms with Gasteiger partial charge in [-0.2, -0.15) is 5.10 Å². The van der Waals surface area contributed by atoms with E-state index in [2.05, 4.69) is 38.0 Å². The topological polar surface area (TPSA) is 27.1 Å². The summed E-state index contributed by atoms with van der Waals surface area (Å²) in [6.07, 6.45) is 0. The second-order valence-electron chi connectivity index (χ2n) is 4.55. The van der Waals surface area contributed by atoms with E-state index in [1.54, 1.807) is 11.8 Å². The molecule has 0 saturated carbocycles. The zero-order valence-corrected chi connectivity index (χ0v) is 11.9. The summed E-state index contributed by atoms with van der Waals surface area (Å²) in [6.45, 7) is 6.70. The molecule has 2 rings (SSSR count). The molecular formula is C14H17ClN2O. The lowest BCUT2D eigenvalue weighted by molar-refractivity contribution is 0.181. The molecule has 0 fully saturated rings. The predicted molar refractivity (Wildman–Crippen MR) is 73.5 cm³/mol. The van der Waals surface area contributed by atoms with Crippen molar-refractivity contribution in [2.24, 2.45) is 0 Å². The van der Waals surface area contributed by atoms with E-state index < -0.39 is 0 Å². The van der Waals surface area contributed by atoms with Gasteiger partial charge in [0.05, 0.1) is 18.0 Å². The van der Waals surface area contributed by atoms with Gasteiger partial charge in [0.1, 0.15) is 5.15 Å². The number of aromatic nitrogens is 2. The summed E-state index contributed by atoms with van der Waals surface area (Å²) in [5, 5.41) is 5.09. The van der Waals surface area contributed by atoms with Crippen LogP contribution in [0.25, 0.3) is 5.69 Å². The Kier molecular flexibility index (Phi) is 3.73. The van der Waals surface area contributed by atoms with Crippen LogP contribution in [-0.2, 0) is 11.3 Å². The molecule has 0 saturated heterocycles. The molecule has 0 radical (unpaired) electrons. The molecule has 4 heteroatoms. The van der Waals surface area contributed by atoms with Crippen molar-refractivity contribution >= 4 is 11.6 Å². The summed E-state index contributed by atoms with van der Waals surface area (Å²) in [5.41, 5.74) is 5.46. The first-order chi connectivity index (χ1) is 8.52. The van der Waals surface area contributed by atoms with E-state index in [1.165, 1.54) is 16.7 Å². The largest absolute Gasteiger partial charge is 0.378 e. The smallest absolute Gasteiger partial charge is 0.133 e. The minimum atomic E-state index is 0.469. The van der Waals surface area contributed by atoms with Crippen LogP contribution in [0.15, 0.2) is 18.2 Å². The van der Waals surface area contributed by atoms with Crippen LogP contribution in [0, 0.1) is 20.8 Å². The van der Waals surface area contributed by atoms with Crippen LogP contribution in [0.3, 0.4) is 0 Å². The SMILES string of the molecule is COCc1cc(Cl)n(-c2c(C)cc(C)cc2C)n1. The number of hydrogen-bond donors (Lipinski definition) is 0. The van der Waals surface area contributed by atoms with Crippen molar-refractivity contribution < 1.29 is 4.74 Å². The number of halogens is 1. The Balaban J connectivity index is 2.55. The molecule has 0 bridgehead atoms. The average Bonchev–Trinajstić information content (AvgIpc) is 2.59. The van der Waals surface area contributed by atoms with Crippen molar-refractivity contribution in [3.8, 4) is 5.69 Å². The van der Waals surface area contributed by atoms with Gasteiger partial charge in [0, 0.05) is 13.2 Å². The van der Waals surface area contributed by atoms with Crippen molar-refractivity contribution in [1.29, 1.82) is 0 Å². The van der Waals surface area contributed by atoms with Crippen molar-refractivity contribution in [2.75, 3.05) is 7.11 Å². The lowest BCUT2D eigenvalue weighted by Crippen LogP contribution is -2.03. The van der Waals surface area contributed by atoms with Gasteiger partial charge in [-0.25, -0.2) is 4.68 Å². The van der Waals surface area contributed by atoms with Crippen LogP contribution < -0.4 is 0 Å². The molecule has 0 unspecified atom stereocenters. The standard InChI is InChI=1S/C14H17ClN2O/c1-9-5-10(2)14(11(3)6-9)17-13(15)7-12(16-17)8-18-4/h5-7H,8H2,1-4H3. The molecule has 0 atom stereocenters. The van der Waals surface area contributed by atoms with Crippen LogP contribution in [-0.4, -0.2) is 16.9 Å². The minimum absolute atomic E-state index is 0.469. The molecule has 1 aromatic carbocycles. The Morgan fingerprint density at radius 2 is 1.78 bits per heavy atom. The highest BCUT2D eigenvalue weighted by Crippen LogP contribution is 2.24. The second kappa shape index (κ2) is 5.12. The van der Waals surface area contributed by atoms with Gasteiger partial charge in [-0.05, 0) is 31.9 Å². The molecular weight excluding hydrogens is 248 g/mol. The highest BCUT2D eigenvalue weighted by molar-refractivity contribution is 6.29. The molecule has 0 aliphatic carbocycles. The summed E-state index contributed by atoms with van der Waals surface area (Å²) < 4.78 is 6.85. The van der Waals surface area contributed by atoms with E-state index in [0.29, 0.717) is 11.8 Å². The quantitative estimate of drug-likeness (QED) is 0.847. The number of benzene rings is 1. The zero-order valence-electron chi connectivity index (χ0n) is 11.1. The third kappa shape index (κ3) is 2.42. The van der Waals surface area contributed by atoms with Gasteiger partial charge in [-0.1, -0.05) is 29.3 Å². The van der Waals surface area contributed by atoms with Gasteiger partial charge in [0.25, 0.3) is 0 Å². The Morgan fingerprint density at radius 3 is 2.33 bits per heavy atom. The van der Waals surface area contributed by atoms with Crippen molar-refractivity contribution in [3.05, 3.63) is 45.7 Å². The molecule has 0 aliphatic rings. The minimum Gasteiger partial charge on any atom is -0.378 e. The Bertz CT molecular complexity index is 552. The molecule has 0 aliphatic heterocycles. The van der Waals surface area contributed by atoms with Crippen LogP contribution in [0.1, 0.15) is 22.4 Å². The molecule has 0 spiro atoms. The molecule has 18 heavy (non-hydrogen) atoms. The van der Waals surface area contributed by atoms with E-state index >= 15 is 0 Å². The van der Waals surface area contributed by atoms with E-state index in [1.807, 2.05) is 6.07 Å². The van der Waals surface area contributed by atoms with Crippen LogP contribution in [0.5, 0.6) is 0 Å². The first-order valence-electron chi connectivity index (χ1n) is 5.84. The number of nitrogens with zero attached hydrogens (tertiary/aromatic N) is 2. The van der Waals surface area contributed by atoms with Crippen LogP contribution in [0.2, 0.25) is 5.15 Å². The van der Waals surface area contributed by atoms with E-state index in [0.717, 1.165) is 11.4 Å². The fourth-order valence-corrected chi connectivity index (χ4v) is 2.53. The molecule has 2 aromatic rings. The summed E-state index contributed by atoms with van der Waals surface area (Å²) in [7, 11) is 1.65. The fraction of sp³-hybridized carbons (Fsp3) is 0.357. The number of aryl methyl sites for hydroxylation is 3. The maximum Gasteiger partial charge on any atom is 0.133 e. The zero-order chi connectivity index (χ0) is 13.3. The lowest BCUT2D eigenvalue weighted by Gasteiger charge is -2.12. The molecule has 1 heterocycles. The van der Waals surface area contributed by atoms with Crippen LogP contribution >= 0.6 is 11.6 Å². The maximum absolute atomic E-state index is 6.24. The number of methoxy groups -OCH3 is 1. The molecule has 1 aromatic heterocycles. The van der Waals surface area contributed by atoms with Crippen molar-refractivity contribution in [3.63, 3.8) is 0 Å². The number of rotatable bonds is 3. The first-order valence-corrected chi connectivity index (χ1v) is 6.22. The van der Waals surface area contributed by atoms with E-state index in [-0.39, 0.29) is 0 Å². The van der Waals surface area contributed by atoms with Gasteiger partial charge in [0.2, 0.25) is 0 Å².